The summed E-state index contributed by atoms with van der Waals surface area (Å²) in [6.45, 7) is 3.76. The van der Waals surface area contributed by atoms with Crippen LogP contribution in [0.3, 0.4) is 0 Å². The second-order valence-electron chi connectivity index (χ2n) is 1.95. The molecule has 0 amide bonds. The van der Waals surface area contributed by atoms with E-state index < -0.39 is 6.00 Å². The summed E-state index contributed by atoms with van der Waals surface area (Å²) in [5.74, 6) is 0. The first kappa shape index (κ1) is 8.72. The van der Waals surface area contributed by atoms with Crippen molar-refractivity contribution >= 4 is 7.28 Å². The third-order valence-corrected chi connectivity index (χ3v) is 1.28. The lowest BCUT2D eigenvalue weighted by Gasteiger charge is -2.06. The normalized spacial score (nSPS) is 15.3. The third kappa shape index (κ3) is 3.33. The maximum atomic E-state index is 9.11. The summed E-state index contributed by atoms with van der Waals surface area (Å²) in [5, 5.41) is 9.11. The first-order valence-corrected chi connectivity index (χ1v) is 3.06. The van der Waals surface area contributed by atoms with Crippen molar-refractivity contribution in [3.05, 3.63) is 11.6 Å². The van der Waals surface area contributed by atoms with Crippen molar-refractivity contribution in [2.75, 3.05) is 6.44 Å². The van der Waals surface area contributed by atoms with Crippen molar-refractivity contribution in [3.63, 3.8) is 0 Å². The summed E-state index contributed by atoms with van der Waals surface area (Å²) >= 11 is 0. The monoisotopic (exact) mass is 126 g/mol. The number of hydrogen-bond donors (Lipinski definition) is 2. The van der Waals surface area contributed by atoms with Crippen LogP contribution in [-0.2, 0) is 0 Å². The molecular formula is C6H13BNO. The summed E-state index contributed by atoms with van der Waals surface area (Å²) in [5.41, 5.74) is 6.12. The number of hydrogen-bond acceptors (Lipinski definition) is 2. The van der Waals surface area contributed by atoms with Gasteiger partial charge in [0.25, 0.3) is 0 Å². The van der Waals surface area contributed by atoms with Crippen LogP contribution in [-0.4, -0.2) is 24.8 Å². The van der Waals surface area contributed by atoms with E-state index in [0.717, 1.165) is 5.57 Å². The number of allylic oxidation sites excluding steroid dienone is 1. The Bertz CT molecular complexity index is 103. The highest BCUT2D eigenvalue weighted by atomic mass is 16.3. The summed E-state index contributed by atoms with van der Waals surface area (Å²) in [4.78, 5) is 0. The van der Waals surface area contributed by atoms with E-state index in [4.69, 9.17) is 10.8 Å². The molecule has 0 fully saturated rings. The topological polar surface area (TPSA) is 46.2 Å². The van der Waals surface area contributed by atoms with Gasteiger partial charge in [-0.1, -0.05) is 11.6 Å². The highest BCUT2D eigenvalue weighted by Crippen LogP contribution is 1.97. The highest BCUT2D eigenvalue weighted by Gasteiger charge is 2.03. The lowest BCUT2D eigenvalue weighted by Crippen LogP contribution is -2.24. The van der Waals surface area contributed by atoms with Crippen molar-refractivity contribution in [1.82, 2.24) is 0 Å². The summed E-state index contributed by atoms with van der Waals surface area (Å²) in [7, 11) is 1.66. The van der Waals surface area contributed by atoms with Crippen molar-refractivity contribution in [1.29, 1.82) is 0 Å². The standard InChI is InChI=1S/C6H13BNO/c1-3-5(2)6(9)7-4-8/h3,6,9H,4,8H2,1-2H3. The van der Waals surface area contributed by atoms with E-state index in [2.05, 4.69) is 0 Å². The van der Waals surface area contributed by atoms with Gasteiger partial charge in [-0.15, -0.1) is 0 Å². The maximum absolute atomic E-state index is 9.11. The lowest BCUT2D eigenvalue weighted by molar-refractivity contribution is 0.286. The zero-order valence-electron chi connectivity index (χ0n) is 5.96. The molecule has 0 aliphatic rings. The fourth-order valence-electron chi connectivity index (χ4n) is 0.486. The van der Waals surface area contributed by atoms with Crippen LogP contribution in [0.5, 0.6) is 0 Å². The Morgan fingerprint density at radius 3 is 2.78 bits per heavy atom. The molecule has 0 saturated heterocycles. The predicted molar refractivity (Wildman–Crippen MR) is 40.2 cm³/mol. The number of rotatable bonds is 3. The Morgan fingerprint density at radius 2 is 2.44 bits per heavy atom. The van der Waals surface area contributed by atoms with Crippen LogP contribution >= 0.6 is 0 Å². The molecule has 0 aromatic carbocycles. The molecule has 9 heavy (non-hydrogen) atoms. The number of nitrogens with two attached hydrogens (primary N) is 1. The van der Waals surface area contributed by atoms with E-state index in [1.54, 1.807) is 7.28 Å². The molecule has 1 radical (unpaired) electrons. The second kappa shape index (κ2) is 4.59. The molecule has 1 atom stereocenters. The van der Waals surface area contributed by atoms with Crippen LogP contribution in [0.1, 0.15) is 13.8 Å². The molecule has 0 aliphatic heterocycles. The molecule has 0 aromatic rings. The van der Waals surface area contributed by atoms with Crippen LogP contribution in [0.25, 0.3) is 0 Å². The summed E-state index contributed by atoms with van der Waals surface area (Å²) in [6, 6.07) is -0.458. The van der Waals surface area contributed by atoms with Crippen LogP contribution in [0.15, 0.2) is 11.6 Å². The third-order valence-electron chi connectivity index (χ3n) is 1.28. The van der Waals surface area contributed by atoms with Gasteiger partial charge in [0, 0.05) is 6.00 Å². The van der Waals surface area contributed by atoms with Crippen LogP contribution in [0.2, 0.25) is 0 Å². The van der Waals surface area contributed by atoms with Gasteiger partial charge >= 0.3 is 0 Å². The molecule has 0 saturated carbocycles. The first-order chi connectivity index (χ1) is 4.22. The maximum Gasteiger partial charge on any atom is 0.172 e. The fourth-order valence-corrected chi connectivity index (χ4v) is 0.486. The zero-order valence-corrected chi connectivity index (χ0v) is 5.96. The van der Waals surface area contributed by atoms with Gasteiger partial charge in [0.05, 0.1) is 0 Å². The first-order valence-electron chi connectivity index (χ1n) is 3.06. The molecular weight excluding hydrogens is 113 g/mol. The van der Waals surface area contributed by atoms with Gasteiger partial charge < -0.3 is 10.8 Å². The molecule has 51 valence electrons. The van der Waals surface area contributed by atoms with E-state index in [9.17, 15) is 0 Å². The minimum Gasteiger partial charge on any atom is -0.398 e. The quantitative estimate of drug-likeness (QED) is 0.409. The van der Waals surface area contributed by atoms with Crippen LogP contribution in [0, 0.1) is 0 Å². The van der Waals surface area contributed by atoms with Gasteiger partial charge in [0.1, 0.15) is 0 Å². The predicted octanol–water partition coefficient (Wildman–Crippen LogP) is -0.109. The summed E-state index contributed by atoms with van der Waals surface area (Å²) < 4.78 is 0. The Morgan fingerprint density at radius 1 is 1.89 bits per heavy atom. The highest BCUT2D eigenvalue weighted by molar-refractivity contribution is 6.38. The Balaban J connectivity index is 3.59. The number of aliphatic hydroxyl groups is 1. The smallest absolute Gasteiger partial charge is 0.172 e. The van der Waals surface area contributed by atoms with Gasteiger partial charge in [0.2, 0.25) is 0 Å². The Hall–Kier alpha value is -0.275. The van der Waals surface area contributed by atoms with E-state index in [0.29, 0.717) is 6.44 Å². The van der Waals surface area contributed by atoms with Gasteiger partial charge in [0.15, 0.2) is 7.28 Å². The minimum absolute atomic E-state index is 0.423. The van der Waals surface area contributed by atoms with Gasteiger partial charge in [-0.05, 0) is 20.3 Å². The minimum atomic E-state index is -0.458. The molecule has 0 aliphatic carbocycles. The Labute approximate surface area is 57.0 Å². The zero-order chi connectivity index (χ0) is 7.28. The van der Waals surface area contributed by atoms with E-state index >= 15 is 0 Å². The average molecular weight is 126 g/mol. The lowest BCUT2D eigenvalue weighted by atomic mass is 9.69. The molecule has 0 spiro atoms. The van der Waals surface area contributed by atoms with Crippen molar-refractivity contribution in [2.24, 2.45) is 5.73 Å². The number of aliphatic hydroxyl groups excluding tert-OH is 1. The molecule has 1 unspecified atom stereocenters. The van der Waals surface area contributed by atoms with Crippen molar-refractivity contribution < 1.29 is 5.11 Å². The van der Waals surface area contributed by atoms with Crippen molar-refractivity contribution in [3.8, 4) is 0 Å². The van der Waals surface area contributed by atoms with Gasteiger partial charge in [-0.2, -0.15) is 0 Å². The average Bonchev–Trinajstić information content (AvgIpc) is 1.87. The molecule has 3 N–H and O–H groups in total. The summed E-state index contributed by atoms with van der Waals surface area (Å²) in [6.07, 6.45) is 2.29. The second-order valence-corrected chi connectivity index (χ2v) is 1.95. The molecule has 0 bridgehead atoms. The van der Waals surface area contributed by atoms with E-state index in [1.165, 1.54) is 0 Å². The molecule has 0 aromatic heterocycles. The van der Waals surface area contributed by atoms with Crippen molar-refractivity contribution in [2.45, 2.75) is 19.9 Å². The molecule has 2 nitrogen and oxygen atoms in total. The Kier molecular flexibility index (Phi) is 4.45. The molecule has 0 rings (SSSR count). The van der Waals surface area contributed by atoms with Gasteiger partial charge in [-0.25, -0.2) is 0 Å². The van der Waals surface area contributed by atoms with Crippen LogP contribution in [0.4, 0.5) is 0 Å². The van der Waals surface area contributed by atoms with E-state index in [1.807, 2.05) is 19.9 Å². The van der Waals surface area contributed by atoms with E-state index in [-0.39, 0.29) is 0 Å². The SMILES string of the molecule is CC=C(C)C(O)[B]CN. The molecule has 3 heteroatoms. The van der Waals surface area contributed by atoms with Crippen LogP contribution < -0.4 is 5.73 Å². The molecule has 0 heterocycles. The fraction of sp³-hybridized carbons (Fsp3) is 0.667. The van der Waals surface area contributed by atoms with Gasteiger partial charge in [-0.3, -0.25) is 0 Å². The largest absolute Gasteiger partial charge is 0.398 e.